The topological polar surface area (TPSA) is 116 Å². The van der Waals surface area contributed by atoms with Crippen molar-refractivity contribution in [3.05, 3.63) is 94.5 Å². The molecule has 0 unspecified atom stereocenters. The van der Waals surface area contributed by atoms with Crippen LogP contribution in [0.5, 0.6) is 0 Å². The Labute approximate surface area is 202 Å². The summed E-state index contributed by atoms with van der Waals surface area (Å²) in [6.07, 6.45) is 0.191. The third kappa shape index (κ3) is 7.16. The summed E-state index contributed by atoms with van der Waals surface area (Å²) in [6.45, 7) is 0.955. The van der Waals surface area contributed by atoms with Crippen molar-refractivity contribution < 1.29 is 24.6 Å². The first kappa shape index (κ1) is 25.0. The van der Waals surface area contributed by atoms with E-state index < -0.39 is 23.9 Å². The Morgan fingerprint density at radius 3 is 2.26 bits per heavy atom. The average Bonchev–Trinajstić information content (AvgIpc) is 2.82. The van der Waals surface area contributed by atoms with Crippen LogP contribution < -0.4 is 10.6 Å². The SMILES string of the molecule is O=C(O)CCNCc1cccc(-c2ccc(C[C@H](NC(=O)c3ccccc3Cl)C(=O)O)cc2)c1. The van der Waals surface area contributed by atoms with Crippen LogP contribution in [0.1, 0.15) is 27.9 Å². The van der Waals surface area contributed by atoms with Crippen LogP contribution >= 0.6 is 11.6 Å². The van der Waals surface area contributed by atoms with Gasteiger partial charge in [0.05, 0.1) is 17.0 Å². The van der Waals surface area contributed by atoms with Crippen LogP contribution in [-0.2, 0) is 22.6 Å². The van der Waals surface area contributed by atoms with E-state index in [-0.39, 0.29) is 23.4 Å². The molecule has 34 heavy (non-hydrogen) atoms. The zero-order valence-corrected chi connectivity index (χ0v) is 19.1. The Balaban J connectivity index is 1.64. The summed E-state index contributed by atoms with van der Waals surface area (Å²) in [6, 6.07) is 20.7. The van der Waals surface area contributed by atoms with Crippen LogP contribution in [-0.4, -0.2) is 40.6 Å². The van der Waals surface area contributed by atoms with E-state index in [4.69, 9.17) is 16.7 Å². The smallest absolute Gasteiger partial charge is 0.326 e. The van der Waals surface area contributed by atoms with Gasteiger partial charge in [0.2, 0.25) is 0 Å². The maximum absolute atomic E-state index is 12.5. The standard InChI is InChI=1S/C26H25ClN2O5/c27-22-7-2-1-6-21(22)25(32)29-23(26(33)34)15-17-8-10-19(11-9-17)20-5-3-4-18(14-20)16-28-13-12-24(30)31/h1-11,14,23,28H,12-13,15-16H2,(H,29,32)(H,30,31)(H,33,34)/t23-/m0/s1. The van der Waals surface area contributed by atoms with E-state index in [0.717, 1.165) is 22.3 Å². The summed E-state index contributed by atoms with van der Waals surface area (Å²) < 4.78 is 0. The number of aliphatic carboxylic acids is 2. The summed E-state index contributed by atoms with van der Waals surface area (Å²) in [5.74, 6) is -2.51. The summed E-state index contributed by atoms with van der Waals surface area (Å²) in [5, 5.41) is 24.2. The molecule has 176 valence electrons. The number of carbonyl (C=O) groups is 3. The van der Waals surface area contributed by atoms with E-state index in [1.54, 1.807) is 24.3 Å². The quantitative estimate of drug-likeness (QED) is 0.308. The van der Waals surface area contributed by atoms with Crippen molar-refractivity contribution in [2.24, 2.45) is 0 Å². The summed E-state index contributed by atoms with van der Waals surface area (Å²) >= 11 is 6.04. The lowest BCUT2D eigenvalue weighted by Gasteiger charge is -2.15. The van der Waals surface area contributed by atoms with Gasteiger partial charge in [-0.3, -0.25) is 9.59 Å². The Kier molecular flexibility index (Phi) is 8.79. The number of benzene rings is 3. The third-order valence-electron chi connectivity index (χ3n) is 5.22. The van der Waals surface area contributed by atoms with Crippen LogP contribution in [0.4, 0.5) is 0 Å². The molecule has 3 rings (SSSR count). The van der Waals surface area contributed by atoms with Gasteiger partial charge in [-0.25, -0.2) is 4.79 Å². The monoisotopic (exact) mass is 480 g/mol. The fraction of sp³-hybridized carbons (Fsp3) is 0.192. The fourth-order valence-electron chi connectivity index (χ4n) is 3.44. The number of carboxylic acids is 2. The van der Waals surface area contributed by atoms with E-state index in [2.05, 4.69) is 10.6 Å². The lowest BCUT2D eigenvalue weighted by atomic mass is 9.99. The van der Waals surface area contributed by atoms with Crippen LogP contribution in [0, 0.1) is 0 Å². The van der Waals surface area contributed by atoms with Gasteiger partial charge < -0.3 is 20.8 Å². The number of nitrogens with one attached hydrogen (secondary N) is 2. The van der Waals surface area contributed by atoms with Crippen molar-refractivity contribution in [1.82, 2.24) is 10.6 Å². The van der Waals surface area contributed by atoms with Crippen LogP contribution in [0.25, 0.3) is 11.1 Å². The molecule has 8 heteroatoms. The van der Waals surface area contributed by atoms with E-state index in [9.17, 15) is 19.5 Å². The fourth-order valence-corrected chi connectivity index (χ4v) is 3.66. The number of hydrogen-bond donors (Lipinski definition) is 4. The predicted molar refractivity (Wildman–Crippen MR) is 130 cm³/mol. The maximum Gasteiger partial charge on any atom is 0.326 e. The molecule has 7 nitrogen and oxygen atoms in total. The highest BCUT2D eigenvalue weighted by atomic mass is 35.5. The molecule has 3 aromatic rings. The number of carboxylic acid groups (broad SMARTS) is 2. The minimum Gasteiger partial charge on any atom is -0.481 e. The third-order valence-corrected chi connectivity index (χ3v) is 5.55. The van der Waals surface area contributed by atoms with E-state index in [0.29, 0.717) is 13.1 Å². The molecule has 0 radical (unpaired) electrons. The molecule has 0 bridgehead atoms. The average molecular weight is 481 g/mol. The van der Waals surface area contributed by atoms with Crippen molar-refractivity contribution in [1.29, 1.82) is 0 Å². The molecule has 1 atom stereocenters. The van der Waals surface area contributed by atoms with Crippen LogP contribution in [0.15, 0.2) is 72.8 Å². The molecule has 0 aromatic heterocycles. The number of halogens is 1. The van der Waals surface area contributed by atoms with E-state index in [1.807, 2.05) is 48.5 Å². The lowest BCUT2D eigenvalue weighted by molar-refractivity contribution is -0.139. The first-order valence-electron chi connectivity index (χ1n) is 10.7. The second-order valence-electron chi connectivity index (χ2n) is 7.77. The van der Waals surface area contributed by atoms with E-state index in [1.165, 1.54) is 0 Å². The molecule has 4 N–H and O–H groups in total. The van der Waals surface area contributed by atoms with Gasteiger partial charge in [-0.2, -0.15) is 0 Å². The van der Waals surface area contributed by atoms with Crippen LogP contribution in [0.3, 0.4) is 0 Å². The number of amides is 1. The first-order valence-corrected chi connectivity index (χ1v) is 11.1. The van der Waals surface area contributed by atoms with Gasteiger partial charge in [-0.15, -0.1) is 0 Å². The molecule has 0 aliphatic carbocycles. The maximum atomic E-state index is 12.5. The Bertz CT molecular complexity index is 1160. The lowest BCUT2D eigenvalue weighted by Crippen LogP contribution is -2.42. The molecule has 3 aromatic carbocycles. The molecular formula is C26H25ClN2O5. The number of carbonyl (C=O) groups excluding carboxylic acids is 1. The molecule has 0 heterocycles. The molecule has 0 saturated carbocycles. The number of hydrogen-bond acceptors (Lipinski definition) is 4. The van der Waals surface area contributed by atoms with Gasteiger partial charge in [-0.1, -0.05) is 66.2 Å². The molecule has 0 fully saturated rings. The molecule has 1 amide bonds. The van der Waals surface area contributed by atoms with Crippen molar-refractivity contribution >= 4 is 29.4 Å². The first-order chi connectivity index (χ1) is 16.3. The summed E-state index contributed by atoms with van der Waals surface area (Å²) in [5.41, 5.74) is 3.97. The Morgan fingerprint density at radius 2 is 1.59 bits per heavy atom. The van der Waals surface area contributed by atoms with Gasteiger partial charge in [0.25, 0.3) is 5.91 Å². The van der Waals surface area contributed by atoms with Gasteiger partial charge >= 0.3 is 11.9 Å². The largest absolute Gasteiger partial charge is 0.481 e. The van der Waals surface area contributed by atoms with Crippen molar-refractivity contribution in [3.63, 3.8) is 0 Å². The van der Waals surface area contributed by atoms with Crippen molar-refractivity contribution in [2.75, 3.05) is 6.54 Å². The molecule has 0 aliphatic rings. The van der Waals surface area contributed by atoms with Crippen molar-refractivity contribution in [2.45, 2.75) is 25.4 Å². The zero-order valence-electron chi connectivity index (χ0n) is 18.3. The van der Waals surface area contributed by atoms with Gasteiger partial charge in [0.1, 0.15) is 6.04 Å². The number of rotatable bonds is 11. The second kappa shape index (κ2) is 12.0. The molecule has 0 aliphatic heterocycles. The molecule has 0 spiro atoms. The Hall–Kier alpha value is -3.68. The minimum absolute atomic E-state index is 0.0668. The highest BCUT2D eigenvalue weighted by Crippen LogP contribution is 2.22. The Morgan fingerprint density at radius 1 is 0.853 bits per heavy atom. The molecule has 0 saturated heterocycles. The van der Waals surface area contributed by atoms with Crippen molar-refractivity contribution in [3.8, 4) is 11.1 Å². The highest BCUT2D eigenvalue weighted by molar-refractivity contribution is 6.33. The normalized spacial score (nSPS) is 11.6. The summed E-state index contributed by atoms with van der Waals surface area (Å²) in [4.78, 5) is 34.8. The van der Waals surface area contributed by atoms with Crippen LogP contribution in [0.2, 0.25) is 5.02 Å². The van der Waals surface area contributed by atoms with Gasteiger partial charge in [-0.05, 0) is 40.5 Å². The second-order valence-corrected chi connectivity index (χ2v) is 8.17. The minimum atomic E-state index is -1.13. The highest BCUT2D eigenvalue weighted by Gasteiger charge is 2.22. The van der Waals surface area contributed by atoms with E-state index >= 15 is 0 Å². The summed E-state index contributed by atoms with van der Waals surface area (Å²) in [7, 11) is 0. The predicted octanol–water partition coefficient (Wildman–Crippen LogP) is 4.00. The molecular weight excluding hydrogens is 456 g/mol. The van der Waals surface area contributed by atoms with Gasteiger partial charge in [0.15, 0.2) is 0 Å². The zero-order chi connectivity index (χ0) is 24.5. The van der Waals surface area contributed by atoms with Gasteiger partial charge in [0, 0.05) is 19.5 Å².